The Balaban J connectivity index is 2.43. The largest absolute Gasteiger partial charge is 0.358 e. The molecule has 1 aliphatic heterocycles. The molecule has 2 N–H and O–H groups in total. The minimum absolute atomic E-state index is 0.472. The van der Waals surface area contributed by atoms with Crippen molar-refractivity contribution in [3.8, 4) is 0 Å². The Bertz CT molecular complexity index is 266. The normalized spacial score (nSPS) is 16.3. The predicted molar refractivity (Wildman–Crippen MR) is 45.8 cm³/mol. The van der Waals surface area contributed by atoms with Crippen molar-refractivity contribution in [2.75, 3.05) is 18.5 Å². The van der Waals surface area contributed by atoms with Crippen LogP contribution < -0.4 is 10.6 Å². The van der Waals surface area contributed by atoms with E-state index in [1.165, 1.54) is 0 Å². The van der Waals surface area contributed by atoms with Gasteiger partial charge >= 0.3 is 0 Å². The molecule has 1 aromatic rings. The van der Waals surface area contributed by atoms with Crippen molar-refractivity contribution in [3.05, 3.63) is 5.69 Å². The molecule has 0 saturated carbocycles. The van der Waals surface area contributed by atoms with Crippen molar-refractivity contribution >= 4 is 5.82 Å². The number of nitrogens with zero attached hydrogens (tertiary/aromatic N) is 4. The first-order valence-corrected chi connectivity index (χ1v) is 4.16. The van der Waals surface area contributed by atoms with Crippen molar-refractivity contribution in [2.24, 2.45) is 5.73 Å². The highest BCUT2D eigenvalue weighted by molar-refractivity contribution is 5.43. The van der Waals surface area contributed by atoms with E-state index in [9.17, 15) is 0 Å². The zero-order valence-electron chi connectivity index (χ0n) is 7.19. The van der Waals surface area contributed by atoms with Crippen LogP contribution >= 0.6 is 0 Å². The maximum atomic E-state index is 5.54. The minimum atomic E-state index is 0.472. The second-order valence-corrected chi connectivity index (χ2v) is 3.06. The molecule has 2 heterocycles. The third kappa shape index (κ3) is 0.972. The first-order valence-electron chi connectivity index (χ1n) is 4.16. The molecule has 0 bridgehead atoms. The SMILES string of the molecule is CN1CCCn2nnc(CN)c21. The summed E-state index contributed by atoms with van der Waals surface area (Å²) in [6.07, 6.45) is 1.14. The maximum Gasteiger partial charge on any atom is 0.151 e. The molecule has 0 atom stereocenters. The first kappa shape index (κ1) is 7.54. The smallest absolute Gasteiger partial charge is 0.151 e. The van der Waals surface area contributed by atoms with Crippen LogP contribution in [0.3, 0.4) is 0 Å². The maximum absolute atomic E-state index is 5.54. The molecule has 2 rings (SSSR count). The van der Waals surface area contributed by atoms with Gasteiger partial charge < -0.3 is 10.6 Å². The molecule has 1 aromatic heterocycles. The lowest BCUT2D eigenvalue weighted by Gasteiger charge is -2.25. The average molecular weight is 167 g/mol. The van der Waals surface area contributed by atoms with Crippen molar-refractivity contribution < 1.29 is 0 Å². The summed E-state index contributed by atoms with van der Waals surface area (Å²) in [6, 6.07) is 0. The lowest BCUT2D eigenvalue weighted by atomic mass is 10.3. The van der Waals surface area contributed by atoms with E-state index >= 15 is 0 Å². The fourth-order valence-electron chi connectivity index (χ4n) is 1.61. The van der Waals surface area contributed by atoms with E-state index in [-0.39, 0.29) is 0 Å². The Labute approximate surface area is 71.1 Å². The molecule has 5 nitrogen and oxygen atoms in total. The molecule has 1 aliphatic rings. The summed E-state index contributed by atoms with van der Waals surface area (Å²) in [6.45, 7) is 2.51. The Kier molecular flexibility index (Phi) is 1.73. The quantitative estimate of drug-likeness (QED) is 0.617. The summed E-state index contributed by atoms with van der Waals surface area (Å²) in [5, 5.41) is 8.04. The number of fused-ring (bicyclic) bond motifs is 1. The van der Waals surface area contributed by atoms with Crippen LogP contribution in [0.15, 0.2) is 0 Å². The van der Waals surface area contributed by atoms with Crippen LogP contribution in [-0.2, 0) is 13.1 Å². The number of anilines is 1. The topological polar surface area (TPSA) is 60.0 Å². The molecule has 5 heteroatoms. The highest BCUT2D eigenvalue weighted by atomic mass is 15.5. The summed E-state index contributed by atoms with van der Waals surface area (Å²) in [5.41, 5.74) is 6.44. The van der Waals surface area contributed by atoms with Crippen LogP contribution in [0.1, 0.15) is 12.1 Å². The third-order valence-corrected chi connectivity index (χ3v) is 2.19. The van der Waals surface area contributed by atoms with Gasteiger partial charge in [0.25, 0.3) is 0 Å². The molecule has 0 spiro atoms. The summed E-state index contributed by atoms with van der Waals surface area (Å²) in [4.78, 5) is 2.16. The van der Waals surface area contributed by atoms with Crippen LogP contribution in [0.4, 0.5) is 5.82 Å². The number of aromatic nitrogens is 3. The van der Waals surface area contributed by atoms with E-state index in [0.29, 0.717) is 6.54 Å². The van der Waals surface area contributed by atoms with E-state index in [1.54, 1.807) is 0 Å². The number of nitrogens with two attached hydrogens (primary N) is 1. The highest BCUT2D eigenvalue weighted by Gasteiger charge is 2.18. The fraction of sp³-hybridized carbons (Fsp3) is 0.714. The van der Waals surface area contributed by atoms with Gasteiger partial charge in [0.05, 0.1) is 0 Å². The molecule has 0 fully saturated rings. The third-order valence-electron chi connectivity index (χ3n) is 2.19. The van der Waals surface area contributed by atoms with Crippen LogP contribution in [0.2, 0.25) is 0 Å². The molecule has 0 saturated heterocycles. The van der Waals surface area contributed by atoms with Crippen molar-refractivity contribution in [1.29, 1.82) is 0 Å². The van der Waals surface area contributed by atoms with E-state index in [0.717, 1.165) is 31.0 Å². The van der Waals surface area contributed by atoms with Gasteiger partial charge in [-0.05, 0) is 6.42 Å². The zero-order chi connectivity index (χ0) is 8.55. The van der Waals surface area contributed by atoms with Gasteiger partial charge in [-0.2, -0.15) is 0 Å². The van der Waals surface area contributed by atoms with Gasteiger partial charge in [0.1, 0.15) is 5.69 Å². The van der Waals surface area contributed by atoms with Crippen LogP contribution in [0.25, 0.3) is 0 Å². The Morgan fingerprint density at radius 3 is 3.08 bits per heavy atom. The summed E-state index contributed by atoms with van der Waals surface area (Å²) < 4.78 is 1.92. The van der Waals surface area contributed by atoms with E-state index < -0.39 is 0 Å². The standard InChI is InChI=1S/C7H13N5/c1-11-3-2-4-12-7(11)6(5-8)9-10-12/h2-5,8H2,1H3. The molecule has 0 aromatic carbocycles. The molecule has 66 valence electrons. The number of rotatable bonds is 1. The Hall–Kier alpha value is -1.10. The van der Waals surface area contributed by atoms with Crippen molar-refractivity contribution in [1.82, 2.24) is 15.0 Å². The van der Waals surface area contributed by atoms with Gasteiger partial charge in [0.15, 0.2) is 5.82 Å². The van der Waals surface area contributed by atoms with Gasteiger partial charge in [0, 0.05) is 26.7 Å². The molecular formula is C7H13N5. The Morgan fingerprint density at radius 1 is 1.50 bits per heavy atom. The highest BCUT2D eigenvalue weighted by Crippen LogP contribution is 2.20. The van der Waals surface area contributed by atoms with Crippen LogP contribution in [0, 0.1) is 0 Å². The van der Waals surface area contributed by atoms with Crippen molar-refractivity contribution in [3.63, 3.8) is 0 Å². The minimum Gasteiger partial charge on any atom is -0.358 e. The lowest BCUT2D eigenvalue weighted by Crippen LogP contribution is -2.29. The van der Waals surface area contributed by atoms with Gasteiger partial charge in [-0.3, -0.25) is 0 Å². The molecule has 12 heavy (non-hydrogen) atoms. The van der Waals surface area contributed by atoms with E-state index in [1.807, 2.05) is 11.7 Å². The molecule has 0 amide bonds. The molecular weight excluding hydrogens is 154 g/mol. The summed E-state index contributed by atoms with van der Waals surface area (Å²) in [5.74, 6) is 1.09. The van der Waals surface area contributed by atoms with Crippen molar-refractivity contribution in [2.45, 2.75) is 19.5 Å². The van der Waals surface area contributed by atoms with E-state index in [2.05, 4.69) is 15.2 Å². The van der Waals surface area contributed by atoms with Gasteiger partial charge in [0.2, 0.25) is 0 Å². The second-order valence-electron chi connectivity index (χ2n) is 3.06. The summed E-state index contributed by atoms with van der Waals surface area (Å²) in [7, 11) is 2.05. The molecule has 0 unspecified atom stereocenters. The predicted octanol–water partition coefficient (Wildman–Crippen LogP) is -0.423. The number of hydrogen-bond donors (Lipinski definition) is 1. The monoisotopic (exact) mass is 167 g/mol. The van der Waals surface area contributed by atoms with Crippen LogP contribution in [0.5, 0.6) is 0 Å². The molecule has 0 aliphatic carbocycles. The van der Waals surface area contributed by atoms with E-state index in [4.69, 9.17) is 5.73 Å². The van der Waals surface area contributed by atoms with Gasteiger partial charge in [-0.15, -0.1) is 5.10 Å². The molecule has 0 radical (unpaired) electrons. The van der Waals surface area contributed by atoms with Crippen LogP contribution in [-0.4, -0.2) is 28.6 Å². The number of hydrogen-bond acceptors (Lipinski definition) is 4. The number of aryl methyl sites for hydroxylation is 1. The summed E-state index contributed by atoms with van der Waals surface area (Å²) >= 11 is 0. The second kappa shape index (κ2) is 2.75. The zero-order valence-corrected chi connectivity index (χ0v) is 7.19. The average Bonchev–Trinajstić information content (AvgIpc) is 2.49. The fourth-order valence-corrected chi connectivity index (χ4v) is 1.61. The Morgan fingerprint density at radius 2 is 2.33 bits per heavy atom. The lowest BCUT2D eigenvalue weighted by molar-refractivity contribution is 0.519. The van der Waals surface area contributed by atoms with Gasteiger partial charge in [-0.25, -0.2) is 4.68 Å². The first-order chi connectivity index (χ1) is 5.83. The van der Waals surface area contributed by atoms with Gasteiger partial charge in [-0.1, -0.05) is 5.21 Å².